The summed E-state index contributed by atoms with van der Waals surface area (Å²) >= 11 is 0. The Kier molecular flexibility index (Phi) is 9.16. The molecule has 2 N–H and O–H groups in total. The van der Waals surface area contributed by atoms with Gasteiger partial charge < -0.3 is 29.9 Å². The maximum absolute atomic E-state index is 12.0. The molecule has 1 aliphatic rings. The number of aromatic nitrogens is 3. The minimum Gasteiger partial charge on any atom is -0.497 e. The molecule has 0 aliphatic carbocycles. The SMILES string of the molecule is C=CC(=O)Nc1cccc(-n2c(COc3cccc(OC)c3)cc3cnc(Nc4ccc(N5CCC(N(C)C)CC5)cc4)nc32)c1. The number of carbonyl (C=O) groups excluding carboxylic acids is 1. The Morgan fingerprint density at radius 1 is 0.978 bits per heavy atom. The van der Waals surface area contributed by atoms with Gasteiger partial charge in [0.1, 0.15) is 23.8 Å². The summed E-state index contributed by atoms with van der Waals surface area (Å²) in [6.07, 6.45) is 5.38. The van der Waals surface area contributed by atoms with Gasteiger partial charge in [0.2, 0.25) is 11.9 Å². The number of anilines is 4. The number of methoxy groups -OCH3 is 1. The molecule has 6 rings (SSSR count). The highest BCUT2D eigenvalue weighted by atomic mass is 16.5. The predicted molar refractivity (Wildman–Crippen MR) is 184 cm³/mol. The van der Waals surface area contributed by atoms with E-state index in [-0.39, 0.29) is 12.5 Å². The highest BCUT2D eigenvalue weighted by Gasteiger charge is 2.21. The largest absolute Gasteiger partial charge is 0.497 e. The smallest absolute Gasteiger partial charge is 0.247 e. The molecule has 0 unspecified atom stereocenters. The van der Waals surface area contributed by atoms with Crippen LogP contribution in [0.15, 0.2) is 97.7 Å². The van der Waals surface area contributed by atoms with E-state index in [2.05, 4.69) is 70.4 Å². The first kappa shape index (κ1) is 30.7. The number of amides is 1. The third-order valence-corrected chi connectivity index (χ3v) is 8.29. The summed E-state index contributed by atoms with van der Waals surface area (Å²) in [5.74, 6) is 1.59. The monoisotopic (exact) mass is 617 g/mol. The fourth-order valence-corrected chi connectivity index (χ4v) is 5.79. The molecule has 1 aliphatic heterocycles. The summed E-state index contributed by atoms with van der Waals surface area (Å²) in [4.78, 5) is 26.4. The number of nitrogens with one attached hydrogen (secondary N) is 2. The van der Waals surface area contributed by atoms with E-state index < -0.39 is 0 Å². The number of piperidine rings is 1. The van der Waals surface area contributed by atoms with Gasteiger partial charge in [-0.1, -0.05) is 18.7 Å². The van der Waals surface area contributed by atoms with Crippen LogP contribution >= 0.6 is 0 Å². The highest BCUT2D eigenvalue weighted by Crippen LogP contribution is 2.29. The Bertz CT molecular complexity index is 1830. The molecule has 1 amide bonds. The fraction of sp³-hybridized carbons (Fsp3) is 0.250. The number of rotatable bonds is 11. The average Bonchev–Trinajstić information content (AvgIpc) is 3.45. The average molecular weight is 618 g/mol. The summed E-state index contributed by atoms with van der Waals surface area (Å²) in [6, 6.07) is 26.2. The lowest BCUT2D eigenvalue weighted by atomic mass is 10.0. The molecule has 0 bridgehead atoms. The minimum atomic E-state index is -0.283. The molecule has 0 radical (unpaired) electrons. The van der Waals surface area contributed by atoms with E-state index in [0.717, 1.165) is 48.4 Å². The summed E-state index contributed by atoms with van der Waals surface area (Å²) in [5.41, 5.74) is 5.14. The van der Waals surface area contributed by atoms with Crippen molar-refractivity contribution in [3.8, 4) is 17.2 Å². The number of fused-ring (bicyclic) bond motifs is 1. The zero-order valence-corrected chi connectivity index (χ0v) is 26.4. The molecule has 1 fully saturated rings. The number of hydrogen-bond acceptors (Lipinski definition) is 8. The van der Waals surface area contributed by atoms with Crippen LogP contribution in [0, 0.1) is 0 Å². The van der Waals surface area contributed by atoms with Crippen molar-refractivity contribution in [2.24, 2.45) is 0 Å². The van der Waals surface area contributed by atoms with Crippen LogP contribution in [0.5, 0.6) is 11.5 Å². The van der Waals surface area contributed by atoms with Gasteiger partial charge in [-0.2, -0.15) is 4.98 Å². The normalized spacial score (nSPS) is 13.5. The predicted octanol–water partition coefficient (Wildman–Crippen LogP) is 6.41. The Morgan fingerprint density at radius 3 is 2.48 bits per heavy atom. The summed E-state index contributed by atoms with van der Waals surface area (Å²) in [5, 5.41) is 7.08. The molecule has 0 spiro atoms. The van der Waals surface area contributed by atoms with Crippen LogP contribution in [-0.2, 0) is 11.4 Å². The second kappa shape index (κ2) is 13.7. The third-order valence-electron chi connectivity index (χ3n) is 8.29. The van der Waals surface area contributed by atoms with Crippen LogP contribution in [0.3, 0.4) is 0 Å². The van der Waals surface area contributed by atoms with E-state index in [0.29, 0.717) is 34.8 Å². The van der Waals surface area contributed by atoms with Crippen molar-refractivity contribution >= 4 is 40.0 Å². The zero-order chi connectivity index (χ0) is 32.0. The molecule has 3 aromatic carbocycles. The first-order chi connectivity index (χ1) is 22.4. The van der Waals surface area contributed by atoms with Crippen molar-refractivity contribution in [1.29, 1.82) is 0 Å². The summed E-state index contributed by atoms with van der Waals surface area (Å²) in [7, 11) is 5.95. The van der Waals surface area contributed by atoms with Gasteiger partial charge in [-0.05, 0) is 93.7 Å². The van der Waals surface area contributed by atoms with Crippen molar-refractivity contribution in [3.05, 3.63) is 103 Å². The lowest BCUT2D eigenvalue weighted by Gasteiger charge is -2.36. The molecule has 46 heavy (non-hydrogen) atoms. The van der Waals surface area contributed by atoms with Crippen molar-refractivity contribution < 1.29 is 14.3 Å². The number of hydrogen-bond donors (Lipinski definition) is 2. The molecule has 2 aromatic heterocycles. The first-order valence-electron chi connectivity index (χ1n) is 15.4. The van der Waals surface area contributed by atoms with E-state index in [4.69, 9.17) is 14.5 Å². The lowest BCUT2D eigenvalue weighted by molar-refractivity contribution is -0.111. The summed E-state index contributed by atoms with van der Waals surface area (Å²) < 4.78 is 13.6. The van der Waals surface area contributed by atoms with Crippen LogP contribution in [0.2, 0.25) is 0 Å². The second-order valence-electron chi connectivity index (χ2n) is 11.5. The van der Waals surface area contributed by atoms with Crippen molar-refractivity contribution in [2.75, 3.05) is 49.8 Å². The van der Waals surface area contributed by atoms with Crippen molar-refractivity contribution in [2.45, 2.75) is 25.5 Å². The molecule has 0 saturated carbocycles. The first-order valence-corrected chi connectivity index (χ1v) is 15.4. The van der Waals surface area contributed by atoms with Gasteiger partial charge in [-0.3, -0.25) is 9.36 Å². The van der Waals surface area contributed by atoms with Gasteiger partial charge in [0.25, 0.3) is 0 Å². The van der Waals surface area contributed by atoms with Crippen molar-refractivity contribution in [3.63, 3.8) is 0 Å². The molecule has 0 atom stereocenters. The van der Waals surface area contributed by atoms with E-state index in [1.807, 2.05) is 65.4 Å². The topological polar surface area (TPSA) is 96.8 Å². The Hall–Kier alpha value is -5.35. The highest BCUT2D eigenvalue weighted by molar-refractivity contribution is 5.99. The second-order valence-corrected chi connectivity index (χ2v) is 11.5. The fourth-order valence-electron chi connectivity index (χ4n) is 5.79. The van der Waals surface area contributed by atoms with E-state index >= 15 is 0 Å². The quantitative estimate of drug-likeness (QED) is 0.164. The number of nitrogens with zero attached hydrogens (tertiary/aromatic N) is 5. The van der Waals surface area contributed by atoms with Gasteiger partial charge in [-0.15, -0.1) is 0 Å². The molecule has 236 valence electrons. The standard InChI is InChI=1S/C36H39N7O3/c1-5-34(44)38-27-8-6-9-30(21-27)43-31(24-46-33-11-7-10-32(22-33)45-4)20-25-23-37-36(40-35(25)43)39-26-12-14-29(15-13-26)42-18-16-28(17-19-42)41(2)3/h5-15,20-23,28H,1,16-19,24H2,2-4H3,(H,38,44)(H,37,39,40). The Labute approximate surface area is 269 Å². The third kappa shape index (κ3) is 6.97. The van der Waals surface area contributed by atoms with Gasteiger partial charge >= 0.3 is 0 Å². The van der Waals surface area contributed by atoms with E-state index in [1.54, 1.807) is 7.11 Å². The maximum atomic E-state index is 12.0. The van der Waals surface area contributed by atoms with Crippen LogP contribution in [0.4, 0.5) is 23.0 Å². The lowest BCUT2D eigenvalue weighted by Crippen LogP contribution is -2.41. The van der Waals surface area contributed by atoms with E-state index in [1.165, 1.54) is 11.8 Å². The van der Waals surface area contributed by atoms with Crippen molar-refractivity contribution in [1.82, 2.24) is 19.4 Å². The molecular formula is C36H39N7O3. The van der Waals surface area contributed by atoms with Crippen LogP contribution in [0.1, 0.15) is 18.5 Å². The van der Waals surface area contributed by atoms with E-state index in [9.17, 15) is 4.79 Å². The zero-order valence-electron chi connectivity index (χ0n) is 26.4. The van der Waals surface area contributed by atoms with Crippen LogP contribution < -0.4 is 25.0 Å². The number of ether oxygens (including phenoxy) is 2. The van der Waals surface area contributed by atoms with Gasteiger partial charge in [-0.25, -0.2) is 4.98 Å². The molecule has 1 saturated heterocycles. The number of benzene rings is 3. The molecular weight excluding hydrogens is 578 g/mol. The minimum absolute atomic E-state index is 0.267. The van der Waals surface area contributed by atoms with Gasteiger partial charge in [0, 0.05) is 59.5 Å². The maximum Gasteiger partial charge on any atom is 0.247 e. The van der Waals surface area contributed by atoms with Gasteiger partial charge in [0.15, 0.2) is 0 Å². The molecule has 3 heterocycles. The Balaban J connectivity index is 1.28. The number of carbonyl (C=O) groups is 1. The summed E-state index contributed by atoms with van der Waals surface area (Å²) in [6.45, 7) is 5.93. The van der Waals surface area contributed by atoms with Gasteiger partial charge in [0.05, 0.1) is 12.8 Å². The van der Waals surface area contributed by atoms with Crippen LogP contribution in [0.25, 0.3) is 16.7 Å². The molecule has 10 nitrogen and oxygen atoms in total. The molecule has 5 aromatic rings. The molecule has 10 heteroatoms. The van der Waals surface area contributed by atoms with Crippen LogP contribution in [-0.4, -0.2) is 65.7 Å². The Morgan fingerprint density at radius 2 is 1.74 bits per heavy atom.